The molecule has 0 unspecified atom stereocenters. The predicted molar refractivity (Wildman–Crippen MR) is 101 cm³/mol. The van der Waals surface area contributed by atoms with Crippen molar-refractivity contribution in [2.24, 2.45) is 0 Å². The Morgan fingerprint density at radius 1 is 0.679 bits per heavy atom. The zero-order valence-corrected chi connectivity index (χ0v) is 15.1. The molecule has 146 valence electrons. The van der Waals surface area contributed by atoms with E-state index in [1.54, 1.807) is 6.07 Å². The molecule has 6 heteroatoms. The van der Waals surface area contributed by atoms with E-state index in [1.165, 1.54) is 18.2 Å². The maximum absolute atomic E-state index is 12.3. The highest BCUT2D eigenvalue weighted by Gasteiger charge is 2.31. The molecule has 0 atom stereocenters. The molecule has 0 spiro atoms. The third-order valence-corrected chi connectivity index (χ3v) is 3.96. The lowest BCUT2D eigenvalue weighted by Crippen LogP contribution is -2.17. The fourth-order valence-corrected chi connectivity index (χ4v) is 2.65. The third kappa shape index (κ3) is 6.63. The van der Waals surface area contributed by atoms with Crippen LogP contribution in [0.5, 0.6) is 11.5 Å². The third-order valence-electron chi connectivity index (χ3n) is 3.96. The van der Waals surface area contributed by atoms with Crippen molar-refractivity contribution in [1.82, 2.24) is 5.32 Å². The molecule has 0 fully saturated rings. The Balaban J connectivity index is 1.45. The number of hydrogen-bond acceptors (Lipinski definition) is 3. The van der Waals surface area contributed by atoms with E-state index >= 15 is 0 Å². The fourth-order valence-electron chi connectivity index (χ4n) is 2.65. The highest BCUT2D eigenvalue weighted by molar-refractivity contribution is 5.30. The first-order valence-electron chi connectivity index (χ1n) is 8.79. The van der Waals surface area contributed by atoms with Gasteiger partial charge in [-0.3, -0.25) is 0 Å². The lowest BCUT2D eigenvalue weighted by molar-refractivity contribution is -0.274. The van der Waals surface area contributed by atoms with E-state index < -0.39 is 6.36 Å². The molecule has 3 aromatic rings. The van der Waals surface area contributed by atoms with E-state index in [1.807, 2.05) is 54.6 Å². The van der Waals surface area contributed by atoms with Gasteiger partial charge in [0.1, 0.15) is 18.1 Å². The fraction of sp³-hybridized carbons (Fsp3) is 0.182. The Labute approximate surface area is 161 Å². The quantitative estimate of drug-likeness (QED) is 0.557. The summed E-state index contributed by atoms with van der Waals surface area (Å²) in [6.07, 6.45) is -4.68. The smallest absolute Gasteiger partial charge is 0.489 e. The maximum Gasteiger partial charge on any atom is 0.573 e. The number of benzene rings is 3. The minimum Gasteiger partial charge on any atom is -0.489 e. The number of rotatable bonds is 8. The van der Waals surface area contributed by atoms with Crippen LogP contribution < -0.4 is 14.8 Å². The van der Waals surface area contributed by atoms with Crippen molar-refractivity contribution in [2.75, 3.05) is 0 Å². The van der Waals surface area contributed by atoms with Crippen LogP contribution in [0.4, 0.5) is 13.2 Å². The van der Waals surface area contributed by atoms with Crippen LogP contribution in [0.3, 0.4) is 0 Å². The van der Waals surface area contributed by atoms with Gasteiger partial charge in [-0.15, -0.1) is 13.2 Å². The SMILES string of the molecule is FC(F)(F)Oc1cccc(CNCc2ccc(OCc3ccccc3)cc2)c1. The van der Waals surface area contributed by atoms with Crippen LogP contribution in [-0.4, -0.2) is 6.36 Å². The highest BCUT2D eigenvalue weighted by atomic mass is 19.4. The van der Waals surface area contributed by atoms with Gasteiger partial charge in [-0.1, -0.05) is 54.6 Å². The largest absolute Gasteiger partial charge is 0.573 e. The Hall–Kier alpha value is -2.99. The van der Waals surface area contributed by atoms with E-state index in [-0.39, 0.29) is 5.75 Å². The van der Waals surface area contributed by atoms with E-state index in [2.05, 4.69) is 10.1 Å². The van der Waals surface area contributed by atoms with Crippen molar-refractivity contribution < 1.29 is 22.6 Å². The molecule has 0 amide bonds. The monoisotopic (exact) mass is 387 g/mol. The Morgan fingerprint density at radius 3 is 2.07 bits per heavy atom. The first-order valence-corrected chi connectivity index (χ1v) is 8.79. The summed E-state index contributed by atoms with van der Waals surface area (Å²) in [5.41, 5.74) is 2.87. The van der Waals surface area contributed by atoms with Crippen molar-refractivity contribution in [3.05, 3.63) is 95.6 Å². The van der Waals surface area contributed by atoms with Crippen molar-refractivity contribution in [3.63, 3.8) is 0 Å². The van der Waals surface area contributed by atoms with Gasteiger partial charge in [0, 0.05) is 13.1 Å². The zero-order chi connectivity index (χ0) is 19.8. The van der Waals surface area contributed by atoms with E-state index in [9.17, 15) is 13.2 Å². The van der Waals surface area contributed by atoms with Crippen LogP contribution in [0.1, 0.15) is 16.7 Å². The highest BCUT2D eigenvalue weighted by Crippen LogP contribution is 2.23. The van der Waals surface area contributed by atoms with Gasteiger partial charge in [-0.2, -0.15) is 0 Å². The number of ether oxygens (including phenoxy) is 2. The summed E-state index contributed by atoms with van der Waals surface area (Å²) in [7, 11) is 0. The molecule has 0 aromatic heterocycles. The van der Waals surface area contributed by atoms with Crippen LogP contribution in [0.15, 0.2) is 78.9 Å². The molecule has 1 N–H and O–H groups in total. The van der Waals surface area contributed by atoms with Crippen molar-refractivity contribution >= 4 is 0 Å². The summed E-state index contributed by atoms with van der Waals surface area (Å²) in [6.45, 7) is 1.53. The number of nitrogens with one attached hydrogen (secondary N) is 1. The molecule has 0 heterocycles. The molecule has 3 nitrogen and oxygen atoms in total. The van der Waals surface area contributed by atoms with Crippen LogP contribution in [0.2, 0.25) is 0 Å². The average Bonchev–Trinajstić information content (AvgIpc) is 2.67. The van der Waals surface area contributed by atoms with E-state index in [0.29, 0.717) is 25.3 Å². The van der Waals surface area contributed by atoms with Gasteiger partial charge < -0.3 is 14.8 Å². The first-order chi connectivity index (χ1) is 13.5. The second-order valence-electron chi connectivity index (χ2n) is 6.22. The molecular formula is C22H20F3NO2. The lowest BCUT2D eigenvalue weighted by Gasteiger charge is -2.11. The molecule has 0 aliphatic rings. The summed E-state index contributed by atoms with van der Waals surface area (Å²) >= 11 is 0. The summed E-state index contributed by atoms with van der Waals surface area (Å²) in [5.74, 6) is 0.566. The van der Waals surface area contributed by atoms with Crippen LogP contribution in [0.25, 0.3) is 0 Å². The summed E-state index contributed by atoms with van der Waals surface area (Å²) in [5, 5.41) is 3.21. The van der Waals surface area contributed by atoms with Gasteiger partial charge in [0.25, 0.3) is 0 Å². The average molecular weight is 387 g/mol. The zero-order valence-electron chi connectivity index (χ0n) is 15.1. The molecule has 0 radical (unpaired) electrons. The minimum absolute atomic E-state index is 0.216. The normalized spacial score (nSPS) is 11.2. The number of alkyl halides is 3. The Bertz CT molecular complexity index is 865. The second kappa shape index (κ2) is 9.28. The predicted octanol–water partition coefficient (Wildman–Crippen LogP) is 5.45. The molecule has 0 saturated carbocycles. The topological polar surface area (TPSA) is 30.5 Å². The Kier molecular flexibility index (Phi) is 6.55. The van der Waals surface area contributed by atoms with Gasteiger partial charge in [0.2, 0.25) is 0 Å². The summed E-state index contributed by atoms with van der Waals surface area (Å²) in [4.78, 5) is 0. The number of hydrogen-bond donors (Lipinski definition) is 1. The van der Waals surface area contributed by atoms with Crippen LogP contribution >= 0.6 is 0 Å². The van der Waals surface area contributed by atoms with E-state index in [0.717, 1.165) is 16.9 Å². The number of halogens is 3. The maximum atomic E-state index is 12.3. The molecule has 0 bridgehead atoms. The van der Waals surface area contributed by atoms with Crippen LogP contribution in [0, 0.1) is 0 Å². The molecule has 0 aliphatic carbocycles. The Morgan fingerprint density at radius 2 is 1.36 bits per heavy atom. The van der Waals surface area contributed by atoms with Gasteiger partial charge in [-0.05, 0) is 41.0 Å². The van der Waals surface area contributed by atoms with Crippen LogP contribution in [-0.2, 0) is 19.7 Å². The van der Waals surface area contributed by atoms with Gasteiger partial charge in [-0.25, -0.2) is 0 Å². The standard InChI is InChI=1S/C22H20F3NO2/c23-22(24,25)28-21-8-4-7-19(13-21)15-26-14-17-9-11-20(12-10-17)27-16-18-5-2-1-3-6-18/h1-13,26H,14-16H2. The molecule has 3 rings (SSSR count). The van der Waals surface area contributed by atoms with Gasteiger partial charge in [0.15, 0.2) is 0 Å². The molecule has 3 aromatic carbocycles. The molecule has 0 saturated heterocycles. The van der Waals surface area contributed by atoms with E-state index in [4.69, 9.17) is 4.74 Å². The molecular weight excluding hydrogens is 367 g/mol. The summed E-state index contributed by atoms with van der Waals surface area (Å²) in [6, 6.07) is 23.6. The lowest BCUT2D eigenvalue weighted by atomic mass is 10.2. The van der Waals surface area contributed by atoms with Gasteiger partial charge >= 0.3 is 6.36 Å². The second-order valence-corrected chi connectivity index (χ2v) is 6.22. The molecule has 28 heavy (non-hydrogen) atoms. The van der Waals surface area contributed by atoms with Gasteiger partial charge in [0.05, 0.1) is 0 Å². The molecule has 0 aliphatic heterocycles. The van der Waals surface area contributed by atoms with Crippen molar-refractivity contribution in [2.45, 2.75) is 26.1 Å². The minimum atomic E-state index is -4.68. The summed E-state index contributed by atoms with van der Waals surface area (Å²) < 4.78 is 46.5. The van der Waals surface area contributed by atoms with Crippen molar-refractivity contribution in [1.29, 1.82) is 0 Å². The first kappa shape index (κ1) is 19.8. The van der Waals surface area contributed by atoms with Crippen molar-refractivity contribution in [3.8, 4) is 11.5 Å².